The van der Waals surface area contributed by atoms with E-state index >= 15 is 0 Å². The van der Waals surface area contributed by atoms with Crippen LogP contribution < -0.4 is 5.32 Å². The molecule has 0 aliphatic carbocycles. The second-order valence-corrected chi connectivity index (χ2v) is 5.92. The van der Waals surface area contributed by atoms with Gasteiger partial charge in [0.15, 0.2) is 9.84 Å². The number of carbonyl (C=O) groups is 1. The number of hydrogen-bond donors (Lipinski definition) is 1. The molecule has 1 heterocycles. The van der Waals surface area contributed by atoms with Crippen LogP contribution in [0.15, 0.2) is 53.6 Å². The summed E-state index contributed by atoms with van der Waals surface area (Å²) in [7, 11) is -3.40. The first kappa shape index (κ1) is 13.2. The van der Waals surface area contributed by atoms with Crippen LogP contribution in [0.25, 0.3) is 0 Å². The Morgan fingerprint density at radius 1 is 1.11 bits per heavy atom. The molecule has 0 saturated heterocycles. The summed E-state index contributed by atoms with van der Waals surface area (Å²) in [6.07, 6.45) is 2.59. The van der Waals surface area contributed by atoms with Crippen LogP contribution in [0.5, 0.6) is 0 Å². The number of hydrogen-bond acceptors (Lipinski definition) is 4. The predicted molar refractivity (Wildman–Crippen MR) is 71.7 cm³/mol. The van der Waals surface area contributed by atoms with E-state index in [4.69, 9.17) is 0 Å². The van der Waals surface area contributed by atoms with Crippen LogP contribution in [-0.4, -0.2) is 25.6 Å². The Morgan fingerprint density at radius 3 is 2.42 bits per heavy atom. The van der Waals surface area contributed by atoms with Crippen LogP contribution in [0, 0.1) is 0 Å². The first-order valence-corrected chi connectivity index (χ1v) is 7.39. The molecule has 1 amide bonds. The zero-order valence-electron chi connectivity index (χ0n) is 10.2. The largest absolute Gasteiger partial charge is 0.319 e. The molecule has 0 aliphatic rings. The van der Waals surface area contributed by atoms with Crippen LogP contribution in [0.1, 0.15) is 10.5 Å². The summed E-state index contributed by atoms with van der Waals surface area (Å²) in [6.45, 7) is 0. The van der Waals surface area contributed by atoms with Gasteiger partial charge in [-0.3, -0.25) is 9.78 Å². The number of amides is 1. The van der Waals surface area contributed by atoms with Gasteiger partial charge in [0.25, 0.3) is 5.91 Å². The second kappa shape index (κ2) is 5.19. The van der Waals surface area contributed by atoms with E-state index in [1.54, 1.807) is 30.3 Å². The standard InChI is InChI=1S/C13H12N2O3S/c1-19(17,18)12-8-3-2-6-10(12)15-13(16)11-7-4-5-9-14-11/h2-9H,1H3,(H,15,16). The Labute approximate surface area is 111 Å². The van der Waals surface area contributed by atoms with Gasteiger partial charge in [-0.2, -0.15) is 0 Å². The van der Waals surface area contributed by atoms with Gasteiger partial charge in [-0.05, 0) is 24.3 Å². The summed E-state index contributed by atoms with van der Waals surface area (Å²) < 4.78 is 23.2. The number of anilines is 1. The van der Waals surface area contributed by atoms with Crippen LogP contribution >= 0.6 is 0 Å². The third kappa shape index (κ3) is 3.17. The van der Waals surface area contributed by atoms with Gasteiger partial charge in [0.1, 0.15) is 5.69 Å². The van der Waals surface area contributed by atoms with Crippen molar-refractivity contribution in [1.82, 2.24) is 4.98 Å². The van der Waals surface area contributed by atoms with Crippen LogP contribution in [-0.2, 0) is 9.84 Å². The number of benzene rings is 1. The highest BCUT2D eigenvalue weighted by molar-refractivity contribution is 7.90. The highest BCUT2D eigenvalue weighted by atomic mass is 32.2. The molecular weight excluding hydrogens is 264 g/mol. The van der Waals surface area contributed by atoms with E-state index in [2.05, 4.69) is 10.3 Å². The van der Waals surface area contributed by atoms with Gasteiger partial charge in [0, 0.05) is 12.5 Å². The Morgan fingerprint density at radius 2 is 1.79 bits per heavy atom. The molecule has 0 unspecified atom stereocenters. The van der Waals surface area contributed by atoms with Crippen molar-refractivity contribution in [2.24, 2.45) is 0 Å². The highest BCUT2D eigenvalue weighted by Crippen LogP contribution is 2.20. The molecule has 2 rings (SSSR count). The molecule has 1 N–H and O–H groups in total. The number of pyridine rings is 1. The van der Waals surface area contributed by atoms with Crippen molar-refractivity contribution in [2.75, 3.05) is 11.6 Å². The maximum absolute atomic E-state index is 11.9. The number of aromatic nitrogens is 1. The summed E-state index contributed by atoms with van der Waals surface area (Å²) in [6, 6.07) is 11.2. The zero-order chi connectivity index (χ0) is 13.9. The lowest BCUT2D eigenvalue weighted by atomic mass is 10.3. The predicted octanol–water partition coefficient (Wildman–Crippen LogP) is 1.74. The minimum Gasteiger partial charge on any atom is -0.319 e. The van der Waals surface area contributed by atoms with E-state index in [-0.39, 0.29) is 16.3 Å². The molecule has 98 valence electrons. The lowest BCUT2D eigenvalue weighted by Crippen LogP contribution is -2.15. The van der Waals surface area contributed by atoms with Crippen molar-refractivity contribution in [3.05, 3.63) is 54.4 Å². The molecule has 0 saturated carbocycles. The molecule has 0 spiro atoms. The fraction of sp³-hybridized carbons (Fsp3) is 0.0769. The van der Waals surface area contributed by atoms with E-state index in [9.17, 15) is 13.2 Å². The van der Waals surface area contributed by atoms with E-state index in [1.807, 2.05) is 0 Å². The Hall–Kier alpha value is -2.21. The minimum atomic E-state index is -3.40. The molecule has 0 fully saturated rings. The molecule has 0 radical (unpaired) electrons. The first-order valence-electron chi connectivity index (χ1n) is 5.50. The van der Waals surface area contributed by atoms with Gasteiger partial charge in [-0.25, -0.2) is 8.42 Å². The van der Waals surface area contributed by atoms with Gasteiger partial charge in [-0.15, -0.1) is 0 Å². The SMILES string of the molecule is CS(=O)(=O)c1ccccc1NC(=O)c1ccccn1. The summed E-state index contributed by atoms with van der Waals surface area (Å²) >= 11 is 0. The Balaban J connectivity index is 2.33. The lowest BCUT2D eigenvalue weighted by molar-refractivity contribution is 0.102. The number of nitrogens with zero attached hydrogens (tertiary/aromatic N) is 1. The van der Waals surface area contributed by atoms with Crippen molar-refractivity contribution in [3.8, 4) is 0 Å². The summed E-state index contributed by atoms with van der Waals surface area (Å²) in [5, 5.41) is 2.55. The van der Waals surface area contributed by atoms with Crippen LogP contribution in [0.4, 0.5) is 5.69 Å². The quantitative estimate of drug-likeness (QED) is 0.926. The topological polar surface area (TPSA) is 76.1 Å². The molecular formula is C13H12N2O3S. The Kier molecular flexibility index (Phi) is 3.62. The third-order valence-electron chi connectivity index (χ3n) is 2.43. The molecule has 5 nitrogen and oxygen atoms in total. The van der Waals surface area contributed by atoms with Crippen molar-refractivity contribution in [2.45, 2.75) is 4.90 Å². The van der Waals surface area contributed by atoms with E-state index in [0.29, 0.717) is 0 Å². The van der Waals surface area contributed by atoms with E-state index in [1.165, 1.54) is 18.3 Å². The smallest absolute Gasteiger partial charge is 0.274 e. The van der Waals surface area contributed by atoms with Gasteiger partial charge in [-0.1, -0.05) is 18.2 Å². The fourth-order valence-corrected chi connectivity index (χ4v) is 2.42. The fourth-order valence-electron chi connectivity index (χ4n) is 1.58. The molecule has 2 aromatic rings. The third-order valence-corrected chi connectivity index (χ3v) is 3.59. The van der Waals surface area contributed by atoms with Crippen molar-refractivity contribution < 1.29 is 13.2 Å². The van der Waals surface area contributed by atoms with Gasteiger partial charge in [0.05, 0.1) is 10.6 Å². The van der Waals surface area contributed by atoms with Gasteiger partial charge < -0.3 is 5.32 Å². The average Bonchev–Trinajstić information content (AvgIpc) is 2.39. The van der Waals surface area contributed by atoms with Crippen molar-refractivity contribution in [1.29, 1.82) is 0 Å². The average molecular weight is 276 g/mol. The van der Waals surface area contributed by atoms with E-state index < -0.39 is 15.7 Å². The number of sulfone groups is 1. The maximum atomic E-state index is 11.9. The summed E-state index contributed by atoms with van der Waals surface area (Å²) in [5.41, 5.74) is 0.478. The maximum Gasteiger partial charge on any atom is 0.274 e. The summed E-state index contributed by atoms with van der Waals surface area (Å²) in [4.78, 5) is 15.9. The van der Waals surface area contributed by atoms with Gasteiger partial charge >= 0.3 is 0 Å². The molecule has 1 aromatic heterocycles. The highest BCUT2D eigenvalue weighted by Gasteiger charge is 2.15. The van der Waals surface area contributed by atoms with Crippen LogP contribution in [0.3, 0.4) is 0 Å². The monoisotopic (exact) mass is 276 g/mol. The summed E-state index contributed by atoms with van der Waals surface area (Å²) in [5.74, 6) is -0.447. The molecule has 19 heavy (non-hydrogen) atoms. The molecule has 1 aromatic carbocycles. The zero-order valence-corrected chi connectivity index (χ0v) is 11.0. The molecule has 6 heteroatoms. The first-order chi connectivity index (χ1) is 8.98. The molecule has 0 atom stereocenters. The lowest BCUT2D eigenvalue weighted by Gasteiger charge is -2.09. The second-order valence-electron chi connectivity index (χ2n) is 3.94. The van der Waals surface area contributed by atoms with Gasteiger partial charge in [0.2, 0.25) is 0 Å². The van der Waals surface area contributed by atoms with Crippen molar-refractivity contribution >= 4 is 21.4 Å². The molecule has 0 aliphatic heterocycles. The number of nitrogens with one attached hydrogen (secondary N) is 1. The number of carbonyl (C=O) groups excluding carboxylic acids is 1. The number of rotatable bonds is 3. The minimum absolute atomic E-state index is 0.0827. The van der Waals surface area contributed by atoms with Crippen molar-refractivity contribution in [3.63, 3.8) is 0 Å². The van der Waals surface area contributed by atoms with Crippen LogP contribution in [0.2, 0.25) is 0 Å². The normalized spacial score (nSPS) is 11.0. The van der Waals surface area contributed by atoms with E-state index in [0.717, 1.165) is 6.26 Å². The number of para-hydroxylation sites is 1. The molecule has 0 bridgehead atoms. The Bertz CT molecular complexity index is 697.